The summed E-state index contributed by atoms with van der Waals surface area (Å²) in [5.41, 5.74) is 13.1. The van der Waals surface area contributed by atoms with Gasteiger partial charge in [-0.3, -0.25) is 0 Å². The Balaban J connectivity index is 1.23. The summed E-state index contributed by atoms with van der Waals surface area (Å²) in [6.07, 6.45) is 44.3. The van der Waals surface area contributed by atoms with Gasteiger partial charge >= 0.3 is 0 Å². The smallest absolute Gasteiger partial charge is 0.215 e. The first kappa shape index (κ1) is 36.9. The van der Waals surface area contributed by atoms with Crippen molar-refractivity contribution in [3.63, 3.8) is 0 Å². The molecule has 0 spiro atoms. The standard InChI is InChI=1S/C52H65BN2/c1-50(2,3)40-34-47-49-48(35-40)55(42-27-19-24-38(32-42)51(4,5)36-20-11-8-12-21-36)46-33-39(52(6,7)37-22-13-9-14-23-37)30-31-44(46)53(49)43-28-17-18-29-45(43)54(47)41-25-15-10-16-26-41/h8-15,19-22,24-25,27-28,33,35,37,40,42,45,47,49H,16-18,23,26,29-32,34H2,1-7H3. The van der Waals surface area contributed by atoms with E-state index in [9.17, 15) is 0 Å². The quantitative estimate of drug-likeness (QED) is 0.269. The molecule has 6 aliphatic carbocycles. The Morgan fingerprint density at radius 1 is 0.782 bits per heavy atom. The summed E-state index contributed by atoms with van der Waals surface area (Å²) in [7, 11) is 0. The van der Waals surface area contributed by atoms with Crippen LogP contribution in [0.4, 0.5) is 0 Å². The predicted octanol–water partition coefficient (Wildman–Crippen LogP) is 13.0. The minimum atomic E-state index is -0.0453. The van der Waals surface area contributed by atoms with Gasteiger partial charge in [0.15, 0.2) is 0 Å². The number of nitrogens with zero attached hydrogens (tertiary/aromatic N) is 2. The van der Waals surface area contributed by atoms with Gasteiger partial charge in [0.25, 0.3) is 0 Å². The van der Waals surface area contributed by atoms with Crippen molar-refractivity contribution in [1.82, 2.24) is 9.80 Å². The zero-order valence-electron chi connectivity index (χ0n) is 34.9. The first-order valence-electron chi connectivity index (χ1n) is 22.0. The van der Waals surface area contributed by atoms with Crippen LogP contribution in [0.2, 0.25) is 5.82 Å². The van der Waals surface area contributed by atoms with Crippen molar-refractivity contribution >= 4 is 6.71 Å². The highest BCUT2D eigenvalue weighted by Crippen LogP contribution is 2.60. The summed E-state index contributed by atoms with van der Waals surface area (Å²) in [4.78, 5) is 5.98. The number of hydrogen-bond donors (Lipinski definition) is 0. The molecule has 8 aliphatic rings. The Hall–Kier alpha value is -3.72. The molecular weight excluding hydrogens is 663 g/mol. The number of rotatable bonds is 6. The topological polar surface area (TPSA) is 6.48 Å². The lowest BCUT2D eigenvalue weighted by Gasteiger charge is -2.62. The molecule has 0 amide bonds. The van der Waals surface area contributed by atoms with Crippen molar-refractivity contribution in [1.29, 1.82) is 0 Å². The van der Waals surface area contributed by atoms with Crippen molar-refractivity contribution in [2.75, 3.05) is 0 Å². The Kier molecular flexibility index (Phi) is 9.42. The van der Waals surface area contributed by atoms with Gasteiger partial charge in [-0.05, 0) is 105 Å². The molecule has 1 fully saturated rings. The second-order valence-corrected chi connectivity index (χ2v) is 20.2. The maximum absolute atomic E-state index is 3.03. The zero-order chi connectivity index (χ0) is 38.1. The first-order valence-corrected chi connectivity index (χ1v) is 22.0. The molecule has 286 valence electrons. The van der Waals surface area contributed by atoms with E-state index in [0.717, 1.165) is 19.3 Å². The maximum Gasteiger partial charge on any atom is 0.215 e. The number of fused-ring (bicyclic) bond motifs is 3. The molecule has 1 aromatic rings. The van der Waals surface area contributed by atoms with E-state index in [1.807, 2.05) is 0 Å². The van der Waals surface area contributed by atoms with Gasteiger partial charge in [0.05, 0.1) is 6.04 Å². The average molecular weight is 729 g/mol. The van der Waals surface area contributed by atoms with Crippen LogP contribution in [0, 0.1) is 22.7 Å². The van der Waals surface area contributed by atoms with Gasteiger partial charge in [0, 0.05) is 40.4 Å². The van der Waals surface area contributed by atoms with Crippen LogP contribution in [-0.2, 0) is 5.41 Å². The lowest BCUT2D eigenvalue weighted by molar-refractivity contribution is 0.110. The van der Waals surface area contributed by atoms with Crippen LogP contribution in [0.5, 0.6) is 0 Å². The molecule has 0 saturated carbocycles. The highest BCUT2D eigenvalue weighted by Gasteiger charge is 2.58. The molecule has 0 aromatic heterocycles. The fourth-order valence-electron chi connectivity index (χ4n) is 12.1. The van der Waals surface area contributed by atoms with Crippen molar-refractivity contribution in [2.45, 2.75) is 142 Å². The highest BCUT2D eigenvalue weighted by atomic mass is 15.3. The van der Waals surface area contributed by atoms with Crippen LogP contribution in [0.1, 0.15) is 118 Å². The van der Waals surface area contributed by atoms with E-state index in [1.54, 1.807) is 33.6 Å². The van der Waals surface area contributed by atoms with Gasteiger partial charge in [-0.1, -0.05) is 168 Å². The third-order valence-corrected chi connectivity index (χ3v) is 15.6. The molecular formula is C52H65BN2. The molecule has 55 heavy (non-hydrogen) atoms. The summed E-state index contributed by atoms with van der Waals surface area (Å²) in [6.45, 7) is 18.0. The first-order chi connectivity index (χ1) is 26.4. The number of allylic oxidation sites excluding steroid dienone is 15. The van der Waals surface area contributed by atoms with Crippen molar-refractivity contribution in [3.05, 3.63) is 154 Å². The fraction of sp³-hybridized carbons (Fsp3) is 0.500. The summed E-state index contributed by atoms with van der Waals surface area (Å²) < 4.78 is 0. The van der Waals surface area contributed by atoms with E-state index < -0.39 is 0 Å². The molecule has 9 rings (SSSR count). The van der Waals surface area contributed by atoms with Gasteiger partial charge in [0.2, 0.25) is 6.71 Å². The van der Waals surface area contributed by atoms with E-state index in [-0.39, 0.29) is 22.3 Å². The summed E-state index contributed by atoms with van der Waals surface area (Å²) in [6, 6.07) is 12.5. The fourth-order valence-corrected chi connectivity index (χ4v) is 12.1. The van der Waals surface area contributed by atoms with Crippen molar-refractivity contribution in [2.24, 2.45) is 22.7 Å². The Labute approximate surface area is 334 Å². The van der Waals surface area contributed by atoms with Gasteiger partial charge in [-0.2, -0.15) is 0 Å². The van der Waals surface area contributed by atoms with E-state index >= 15 is 0 Å². The van der Waals surface area contributed by atoms with Crippen LogP contribution in [0.25, 0.3) is 0 Å². The Bertz CT molecular complexity index is 2000. The molecule has 6 unspecified atom stereocenters. The molecule has 1 aromatic carbocycles. The van der Waals surface area contributed by atoms with E-state index in [4.69, 9.17) is 0 Å². The Morgan fingerprint density at radius 2 is 1.62 bits per heavy atom. The number of hydrogen-bond acceptors (Lipinski definition) is 2. The predicted molar refractivity (Wildman–Crippen MR) is 234 cm³/mol. The molecule has 6 atom stereocenters. The SMILES string of the molecule is CC(C)(C1=CC=CC(N2C3=CC(C(C)(C)C)CC4C3B(C3=CCCCC3N4C3=CC=CCC3)C3=C2C=C(C(C)(C)C2C=CC=CC2)CC3)C1)c1ccccc1. The third kappa shape index (κ3) is 6.31. The molecule has 1 saturated heterocycles. The van der Waals surface area contributed by atoms with Gasteiger partial charge in [0.1, 0.15) is 0 Å². The summed E-state index contributed by atoms with van der Waals surface area (Å²) in [5, 5.41) is 0. The van der Waals surface area contributed by atoms with Crippen LogP contribution in [-0.4, -0.2) is 34.6 Å². The average Bonchev–Trinajstić information content (AvgIpc) is 3.21. The normalized spacial score (nSPS) is 30.5. The Morgan fingerprint density at radius 3 is 2.36 bits per heavy atom. The van der Waals surface area contributed by atoms with Crippen LogP contribution >= 0.6 is 0 Å². The maximum atomic E-state index is 3.03. The lowest BCUT2D eigenvalue weighted by atomic mass is 9.24. The zero-order valence-corrected chi connectivity index (χ0v) is 34.9. The van der Waals surface area contributed by atoms with Gasteiger partial charge < -0.3 is 9.80 Å². The third-order valence-electron chi connectivity index (χ3n) is 15.6. The molecule has 0 bridgehead atoms. The second kappa shape index (κ2) is 14.0. The van der Waals surface area contributed by atoms with E-state index in [1.165, 1.54) is 56.1 Å². The number of benzene rings is 1. The summed E-state index contributed by atoms with van der Waals surface area (Å²) >= 11 is 0. The molecule has 2 heterocycles. The lowest BCUT2D eigenvalue weighted by Crippen LogP contribution is -2.63. The highest BCUT2D eigenvalue weighted by molar-refractivity contribution is 6.77. The van der Waals surface area contributed by atoms with Gasteiger partial charge in [-0.25, -0.2) is 0 Å². The van der Waals surface area contributed by atoms with E-state index in [2.05, 4.69) is 168 Å². The molecule has 0 N–H and O–H groups in total. The molecule has 2 nitrogen and oxygen atoms in total. The van der Waals surface area contributed by atoms with Crippen LogP contribution < -0.4 is 0 Å². The minimum absolute atomic E-state index is 0.0453. The van der Waals surface area contributed by atoms with Gasteiger partial charge in [-0.15, -0.1) is 0 Å². The molecule has 2 aliphatic heterocycles. The second-order valence-electron chi connectivity index (χ2n) is 20.2. The molecule has 3 heteroatoms. The van der Waals surface area contributed by atoms with Crippen LogP contribution in [0.3, 0.4) is 0 Å². The summed E-state index contributed by atoms with van der Waals surface area (Å²) in [5.74, 6) is 1.52. The molecule has 0 radical (unpaired) electrons. The van der Waals surface area contributed by atoms with E-state index in [0.29, 0.717) is 36.4 Å². The monoisotopic (exact) mass is 729 g/mol. The van der Waals surface area contributed by atoms with Crippen LogP contribution in [0.15, 0.2) is 149 Å². The van der Waals surface area contributed by atoms with Crippen molar-refractivity contribution in [3.8, 4) is 0 Å². The van der Waals surface area contributed by atoms with Crippen molar-refractivity contribution < 1.29 is 0 Å². The largest absolute Gasteiger partial charge is 0.366 e. The minimum Gasteiger partial charge on any atom is -0.366 e.